The molecule has 1 saturated heterocycles. The highest BCUT2D eigenvalue weighted by molar-refractivity contribution is 5.11. The van der Waals surface area contributed by atoms with Gasteiger partial charge < -0.3 is 14.5 Å². The van der Waals surface area contributed by atoms with Gasteiger partial charge in [-0.15, -0.1) is 0 Å². The maximum absolute atomic E-state index is 11.3. The van der Waals surface area contributed by atoms with Crippen molar-refractivity contribution in [3.05, 3.63) is 34.2 Å². The van der Waals surface area contributed by atoms with Crippen LogP contribution in [-0.4, -0.2) is 24.0 Å². The molecule has 0 aromatic carbocycles. The zero-order chi connectivity index (χ0) is 11.7. The van der Waals surface area contributed by atoms with Crippen molar-refractivity contribution in [1.82, 2.24) is 4.98 Å². The Labute approximate surface area is 99.9 Å². The van der Waals surface area contributed by atoms with Gasteiger partial charge in [0.05, 0.1) is 13.2 Å². The van der Waals surface area contributed by atoms with E-state index >= 15 is 0 Å². The molecule has 1 aliphatic heterocycles. The second kappa shape index (κ2) is 4.27. The van der Waals surface area contributed by atoms with E-state index in [2.05, 4.69) is 4.98 Å². The van der Waals surface area contributed by atoms with E-state index in [1.54, 1.807) is 6.07 Å². The van der Waals surface area contributed by atoms with E-state index in [1.165, 1.54) is 0 Å². The molecule has 0 radical (unpaired) electrons. The van der Waals surface area contributed by atoms with Crippen LogP contribution in [0.3, 0.4) is 0 Å². The van der Waals surface area contributed by atoms with Crippen LogP contribution in [0.15, 0.2) is 23.0 Å². The topological polar surface area (TPSA) is 51.3 Å². The van der Waals surface area contributed by atoms with E-state index in [-0.39, 0.29) is 11.3 Å². The predicted molar refractivity (Wildman–Crippen MR) is 62.9 cm³/mol. The van der Waals surface area contributed by atoms with Gasteiger partial charge in [-0.1, -0.05) is 6.07 Å². The highest BCUT2D eigenvalue weighted by Crippen LogP contribution is 2.41. The Morgan fingerprint density at radius 1 is 1.18 bits per heavy atom. The Morgan fingerprint density at radius 3 is 2.53 bits per heavy atom. The zero-order valence-electron chi connectivity index (χ0n) is 9.78. The third-order valence-corrected chi connectivity index (χ3v) is 3.79. The summed E-state index contributed by atoms with van der Waals surface area (Å²) in [5.74, 6) is 0.119. The minimum Gasteiger partial charge on any atom is -0.348 e. The molecular formula is C13H17NO3. The number of rotatable bonds is 1. The summed E-state index contributed by atoms with van der Waals surface area (Å²) in [6.07, 6.45) is 3.88. The number of aromatic amines is 1. The van der Waals surface area contributed by atoms with Crippen molar-refractivity contribution in [3.63, 3.8) is 0 Å². The quantitative estimate of drug-likeness (QED) is 0.807. The van der Waals surface area contributed by atoms with Gasteiger partial charge in [-0.05, 0) is 24.8 Å². The normalized spacial score (nSPS) is 24.2. The number of aromatic nitrogens is 1. The molecule has 0 bridgehead atoms. The lowest BCUT2D eigenvalue weighted by molar-refractivity contribution is -0.178. The maximum atomic E-state index is 11.3. The average Bonchev–Trinajstić information content (AvgIpc) is 2.79. The summed E-state index contributed by atoms with van der Waals surface area (Å²) < 4.78 is 11.4. The fourth-order valence-corrected chi connectivity index (χ4v) is 2.86. The first-order chi connectivity index (χ1) is 8.27. The molecule has 2 aliphatic rings. The van der Waals surface area contributed by atoms with Gasteiger partial charge in [-0.25, -0.2) is 0 Å². The van der Waals surface area contributed by atoms with E-state index in [0.717, 1.165) is 31.4 Å². The van der Waals surface area contributed by atoms with Crippen LogP contribution in [0.5, 0.6) is 0 Å². The van der Waals surface area contributed by atoms with Crippen molar-refractivity contribution in [2.24, 2.45) is 0 Å². The van der Waals surface area contributed by atoms with Gasteiger partial charge in [0.2, 0.25) is 5.56 Å². The molecule has 1 spiro atoms. The van der Waals surface area contributed by atoms with Gasteiger partial charge in [-0.2, -0.15) is 0 Å². The van der Waals surface area contributed by atoms with Crippen LogP contribution >= 0.6 is 0 Å². The summed E-state index contributed by atoms with van der Waals surface area (Å²) in [6, 6.07) is 5.37. The fraction of sp³-hybridized carbons (Fsp3) is 0.615. The molecule has 1 aliphatic carbocycles. The minimum atomic E-state index is -0.314. The lowest BCUT2D eigenvalue weighted by atomic mass is 9.83. The molecule has 0 atom stereocenters. The maximum Gasteiger partial charge on any atom is 0.248 e. The first-order valence-electron chi connectivity index (χ1n) is 6.25. The second-order valence-corrected chi connectivity index (χ2v) is 4.85. The zero-order valence-corrected chi connectivity index (χ0v) is 9.78. The predicted octanol–water partition coefficient (Wildman–Crippen LogP) is 1.78. The fourth-order valence-electron chi connectivity index (χ4n) is 2.86. The van der Waals surface area contributed by atoms with E-state index in [0.29, 0.717) is 19.1 Å². The number of nitrogens with one attached hydrogen (secondary N) is 1. The van der Waals surface area contributed by atoms with Crippen molar-refractivity contribution in [2.45, 2.75) is 37.4 Å². The molecule has 3 rings (SSSR count). The largest absolute Gasteiger partial charge is 0.348 e. The molecule has 0 unspecified atom stereocenters. The summed E-state index contributed by atoms with van der Waals surface area (Å²) in [5.41, 5.74) is 1.03. The van der Waals surface area contributed by atoms with Crippen molar-refractivity contribution in [2.75, 3.05) is 13.2 Å². The number of hydrogen-bond acceptors (Lipinski definition) is 3. The van der Waals surface area contributed by atoms with Crippen LogP contribution in [-0.2, 0) is 9.47 Å². The standard InChI is InChI=1S/C13H17NO3/c15-12-3-1-2-11(14-12)10-4-6-13(7-5-10)16-8-9-17-13/h1-3,10H,4-9H2,(H,14,15). The third-order valence-electron chi connectivity index (χ3n) is 3.79. The van der Waals surface area contributed by atoms with Crippen molar-refractivity contribution in [3.8, 4) is 0 Å². The van der Waals surface area contributed by atoms with Crippen LogP contribution in [0.4, 0.5) is 0 Å². The summed E-state index contributed by atoms with van der Waals surface area (Å²) in [6.45, 7) is 1.43. The molecule has 4 nitrogen and oxygen atoms in total. The average molecular weight is 235 g/mol. The van der Waals surface area contributed by atoms with Gasteiger partial charge in [0.25, 0.3) is 0 Å². The number of pyridine rings is 1. The molecule has 1 aromatic rings. The smallest absolute Gasteiger partial charge is 0.248 e. The first kappa shape index (κ1) is 11.0. The molecule has 2 fully saturated rings. The highest BCUT2D eigenvalue weighted by Gasteiger charge is 2.40. The summed E-state index contributed by atoms with van der Waals surface area (Å²) in [7, 11) is 0. The van der Waals surface area contributed by atoms with Crippen LogP contribution in [0, 0.1) is 0 Å². The molecule has 2 heterocycles. The van der Waals surface area contributed by atoms with Gasteiger partial charge >= 0.3 is 0 Å². The van der Waals surface area contributed by atoms with Gasteiger partial charge in [0.1, 0.15) is 0 Å². The number of ether oxygens (including phenoxy) is 2. The van der Waals surface area contributed by atoms with Gasteiger partial charge in [-0.3, -0.25) is 4.79 Å². The monoisotopic (exact) mass is 235 g/mol. The van der Waals surface area contributed by atoms with E-state index in [9.17, 15) is 4.79 Å². The van der Waals surface area contributed by atoms with Crippen LogP contribution in [0.2, 0.25) is 0 Å². The number of H-pyrrole nitrogens is 1. The molecular weight excluding hydrogens is 218 g/mol. The molecule has 1 aromatic heterocycles. The summed E-state index contributed by atoms with van der Waals surface area (Å²) in [5, 5.41) is 0. The van der Waals surface area contributed by atoms with Crippen LogP contribution < -0.4 is 5.56 Å². The van der Waals surface area contributed by atoms with E-state index in [1.807, 2.05) is 12.1 Å². The molecule has 92 valence electrons. The lowest BCUT2D eigenvalue weighted by Gasteiger charge is -2.35. The molecule has 1 saturated carbocycles. The molecule has 4 heteroatoms. The van der Waals surface area contributed by atoms with Crippen LogP contribution in [0.1, 0.15) is 37.3 Å². The number of hydrogen-bond donors (Lipinski definition) is 1. The Hall–Kier alpha value is -1.13. The van der Waals surface area contributed by atoms with Gasteiger partial charge in [0.15, 0.2) is 5.79 Å². The SMILES string of the molecule is O=c1cccc(C2CCC3(CC2)OCCO3)[nH]1. The Morgan fingerprint density at radius 2 is 1.88 bits per heavy atom. The summed E-state index contributed by atoms with van der Waals surface area (Å²) >= 11 is 0. The van der Waals surface area contributed by atoms with Crippen LogP contribution in [0.25, 0.3) is 0 Å². The van der Waals surface area contributed by atoms with Gasteiger partial charge in [0, 0.05) is 24.6 Å². The minimum absolute atomic E-state index is 0.0175. The Balaban J connectivity index is 1.70. The van der Waals surface area contributed by atoms with E-state index in [4.69, 9.17) is 9.47 Å². The molecule has 1 N–H and O–H groups in total. The third kappa shape index (κ3) is 2.15. The Bertz CT molecular complexity index is 438. The second-order valence-electron chi connectivity index (χ2n) is 4.85. The lowest BCUT2D eigenvalue weighted by Crippen LogP contribution is -2.34. The molecule has 0 amide bonds. The first-order valence-corrected chi connectivity index (χ1v) is 6.25. The summed E-state index contributed by atoms with van der Waals surface area (Å²) in [4.78, 5) is 14.2. The van der Waals surface area contributed by atoms with E-state index < -0.39 is 0 Å². The van der Waals surface area contributed by atoms with Crippen molar-refractivity contribution in [1.29, 1.82) is 0 Å². The molecule has 17 heavy (non-hydrogen) atoms. The van der Waals surface area contributed by atoms with Crippen molar-refractivity contribution >= 4 is 0 Å². The van der Waals surface area contributed by atoms with Crippen molar-refractivity contribution < 1.29 is 9.47 Å². The Kier molecular flexibility index (Phi) is 2.76. The highest BCUT2D eigenvalue weighted by atomic mass is 16.7.